The molecule has 1 aromatic carbocycles. The van der Waals surface area contributed by atoms with Crippen LogP contribution >= 0.6 is 0 Å². The van der Waals surface area contributed by atoms with Crippen LogP contribution in [0.5, 0.6) is 5.75 Å². The molecule has 0 spiro atoms. The lowest BCUT2D eigenvalue weighted by Gasteiger charge is -2.20. The molecule has 112 valence electrons. The van der Waals surface area contributed by atoms with Crippen molar-refractivity contribution in [3.8, 4) is 5.75 Å². The predicted octanol–water partition coefficient (Wildman–Crippen LogP) is 0.0764. The summed E-state index contributed by atoms with van der Waals surface area (Å²) in [7, 11) is 3.46. The highest BCUT2D eigenvalue weighted by atomic mass is 16.5. The average molecular weight is 281 g/mol. The van der Waals surface area contributed by atoms with Gasteiger partial charge in [-0.05, 0) is 19.2 Å². The quantitative estimate of drug-likeness (QED) is 0.587. The first-order chi connectivity index (χ1) is 9.52. The van der Waals surface area contributed by atoms with Crippen molar-refractivity contribution in [2.45, 2.75) is 12.5 Å². The number of carbonyl (C=O) groups is 1. The highest BCUT2D eigenvalue weighted by Crippen LogP contribution is 2.19. The van der Waals surface area contributed by atoms with Crippen LogP contribution in [0.3, 0.4) is 0 Å². The molecule has 20 heavy (non-hydrogen) atoms. The minimum Gasteiger partial charge on any atom is -0.489 e. The zero-order valence-electron chi connectivity index (χ0n) is 12.0. The van der Waals surface area contributed by atoms with E-state index in [1.54, 1.807) is 19.2 Å². The van der Waals surface area contributed by atoms with Gasteiger partial charge in [0, 0.05) is 26.6 Å². The number of hydrogen-bond acceptors (Lipinski definition) is 5. The molecule has 0 aliphatic heterocycles. The maximum absolute atomic E-state index is 11.1. The molecular weight excluding hydrogens is 258 g/mol. The Morgan fingerprint density at radius 3 is 2.85 bits per heavy atom. The van der Waals surface area contributed by atoms with Crippen molar-refractivity contribution in [3.63, 3.8) is 0 Å². The van der Waals surface area contributed by atoms with Crippen LogP contribution in [0, 0.1) is 0 Å². The van der Waals surface area contributed by atoms with Gasteiger partial charge in [-0.2, -0.15) is 0 Å². The number of aliphatic hydroxyl groups is 1. The van der Waals surface area contributed by atoms with Crippen LogP contribution in [0.4, 0.5) is 5.69 Å². The number of para-hydroxylation sites is 2. The van der Waals surface area contributed by atoms with E-state index < -0.39 is 6.10 Å². The summed E-state index contributed by atoms with van der Waals surface area (Å²) in [5.41, 5.74) is 6.29. The number of carbonyl (C=O) groups excluding carboxylic acids is 1. The smallest absolute Gasteiger partial charge is 0.221 e. The second-order valence-corrected chi connectivity index (χ2v) is 4.69. The van der Waals surface area contributed by atoms with Gasteiger partial charge in [0.05, 0.1) is 5.69 Å². The van der Waals surface area contributed by atoms with Crippen molar-refractivity contribution in [1.82, 2.24) is 10.2 Å². The van der Waals surface area contributed by atoms with E-state index in [0.29, 0.717) is 30.9 Å². The molecule has 0 bridgehead atoms. The van der Waals surface area contributed by atoms with Gasteiger partial charge in [-0.15, -0.1) is 0 Å². The first kappa shape index (κ1) is 16.3. The van der Waals surface area contributed by atoms with Crippen LogP contribution in [0.1, 0.15) is 6.42 Å². The number of benzene rings is 1. The molecule has 4 N–H and O–H groups in total. The van der Waals surface area contributed by atoms with Gasteiger partial charge in [-0.1, -0.05) is 12.1 Å². The zero-order chi connectivity index (χ0) is 15.0. The summed E-state index contributed by atoms with van der Waals surface area (Å²) in [5, 5.41) is 12.4. The third-order valence-corrected chi connectivity index (χ3v) is 2.87. The molecule has 0 heterocycles. The highest BCUT2D eigenvalue weighted by Gasteiger charge is 2.11. The van der Waals surface area contributed by atoms with Gasteiger partial charge in [-0.25, -0.2) is 0 Å². The Balaban J connectivity index is 2.27. The summed E-state index contributed by atoms with van der Waals surface area (Å²) in [6.45, 7) is 1.19. The van der Waals surface area contributed by atoms with Crippen LogP contribution in [-0.4, -0.2) is 55.8 Å². The standard InChI is InChI=1S/C14H23N3O3/c1-16-14(19)7-8-17(2)9-11(18)10-20-13-6-4-3-5-12(13)15/h3-6,11,18H,7-10,15H2,1-2H3,(H,16,19). The third-order valence-electron chi connectivity index (χ3n) is 2.87. The lowest BCUT2D eigenvalue weighted by atomic mass is 10.3. The highest BCUT2D eigenvalue weighted by molar-refractivity contribution is 5.75. The van der Waals surface area contributed by atoms with E-state index in [0.717, 1.165) is 0 Å². The second kappa shape index (κ2) is 8.39. The number of anilines is 1. The van der Waals surface area contributed by atoms with Crippen molar-refractivity contribution in [3.05, 3.63) is 24.3 Å². The Bertz CT molecular complexity index is 426. The van der Waals surface area contributed by atoms with E-state index in [-0.39, 0.29) is 12.5 Å². The normalized spacial score (nSPS) is 12.2. The van der Waals surface area contributed by atoms with E-state index in [4.69, 9.17) is 10.5 Å². The number of likely N-dealkylation sites (N-methyl/N-ethyl adjacent to an activating group) is 1. The number of nitrogens with one attached hydrogen (secondary N) is 1. The first-order valence-corrected chi connectivity index (χ1v) is 6.57. The first-order valence-electron chi connectivity index (χ1n) is 6.57. The van der Waals surface area contributed by atoms with Gasteiger partial charge in [0.15, 0.2) is 0 Å². The summed E-state index contributed by atoms with van der Waals surface area (Å²) in [6, 6.07) is 7.16. The molecule has 0 saturated heterocycles. The van der Waals surface area contributed by atoms with Crippen LogP contribution in [0.25, 0.3) is 0 Å². The number of hydrogen-bond donors (Lipinski definition) is 3. The summed E-state index contributed by atoms with van der Waals surface area (Å²) >= 11 is 0. The minimum atomic E-state index is -0.635. The number of ether oxygens (including phenoxy) is 1. The minimum absolute atomic E-state index is 0.0142. The van der Waals surface area contributed by atoms with Gasteiger partial charge in [0.25, 0.3) is 0 Å². The molecule has 0 aromatic heterocycles. The SMILES string of the molecule is CNC(=O)CCN(C)CC(O)COc1ccccc1N. The van der Waals surface area contributed by atoms with Crippen LogP contribution in [-0.2, 0) is 4.79 Å². The summed E-state index contributed by atoms with van der Waals surface area (Å²) in [6.07, 6.45) is -0.226. The Hall–Kier alpha value is -1.79. The van der Waals surface area contributed by atoms with E-state index >= 15 is 0 Å². The fourth-order valence-corrected chi connectivity index (χ4v) is 1.72. The molecule has 1 rings (SSSR count). The summed E-state index contributed by atoms with van der Waals surface area (Å²) in [4.78, 5) is 13.0. The molecule has 0 saturated carbocycles. The number of aliphatic hydroxyl groups excluding tert-OH is 1. The Labute approximate surface area is 119 Å². The third kappa shape index (κ3) is 5.90. The molecule has 1 atom stereocenters. The maximum Gasteiger partial charge on any atom is 0.221 e. The number of rotatable bonds is 8. The van der Waals surface area contributed by atoms with E-state index in [1.165, 1.54) is 0 Å². The largest absolute Gasteiger partial charge is 0.489 e. The fourth-order valence-electron chi connectivity index (χ4n) is 1.72. The fraction of sp³-hybridized carbons (Fsp3) is 0.500. The van der Waals surface area contributed by atoms with Gasteiger partial charge in [-0.3, -0.25) is 4.79 Å². The molecule has 1 unspecified atom stereocenters. The maximum atomic E-state index is 11.1. The van der Waals surface area contributed by atoms with E-state index in [1.807, 2.05) is 24.1 Å². The molecule has 0 aliphatic rings. The monoisotopic (exact) mass is 281 g/mol. The van der Waals surface area contributed by atoms with E-state index in [2.05, 4.69) is 5.32 Å². The molecular formula is C14H23N3O3. The Morgan fingerprint density at radius 1 is 1.50 bits per heavy atom. The van der Waals surface area contributed by atoms with Crippen molar-refractivity contribution in [2.24, 2.45) is 0 Å². The van der Waals surface area contributed by atoms with Gasteiger partial charge < -0.3 is 25.8 Å². The van der Waals surface area contributed by atoms with Crippen molar-refractivity contribution in [2.75, 3.05) is 39.5 Å². The Morgan fingerprint density at radius 2 is 2.20 bits per heavy atom. The van der Waals surface area contributed by atoms with Crippen LogP contribution in [0.15, 0.2) is 24.3 Å². The van der Waals surface area contributed by atoms with Crippen molar-refractivity contribution < 1.29 is 14.6 Å². The molecule has 6 nitrogen and oxygen atoms in total. The van der Waals surface area contributed by atoms with E-state index in [9.17, 15) is 9.90 Å². The molecule has 0 fully saturated rings. The number of nitrogen functional groups attached to an aromatic ring is 1. The Kier molecular flexibility index (Phi) is 6.83. The molecule has 1 aromatic rings. The second-order valence-electron chi connectivity index (χ2n) is 4.69. The average Bonchev–Trinajstić information content (AvgIpc) is 2.43. The van der Waals surface area contributed by atoms with Crippen LogP contribution in [0.2, 0.25) is 0 Å². The number of amides is 1. The number of nitrogens with two attached hydrogens (primary N) is 1. The summed E-state index contributed by atoms with van der Waals surface area (Å²) < 4.78 is 5.47. The van der Waals surface area contributed by atoms with Crippen LogP contribution < -0.4 is 15.8 Å². The topological polar surface area (TPSA) is 87.8 Å². The predicted molar refractivity (Wildman–Crippen MR) is 78.5 cm³/mol. The zero-order valence-corrected chi connectivity index (χ0v) is 12.0. The lowest BCUT2D eigenvalue weighted by Crippen LogP contribution is -2.35. The lowest BCUT2D eigenvalue weighted by molar-refractivity contribution is -0.120. The molecule has 1 amide bonds. The van der Waals surface area contributed by atoms with Gasteiger partial charge in [0.2, 0.25) is 5.91 Å². The molecule has 0 radical (unpaired) electrons. The molecule has 6 heteroatoms. The molecule has 0 aliphatic carbocycles. The summed E-state index contributed by atoms with van der Waals surface area (Å²) in [5.74, 6) is 0.555. The van der Waals surface area contributed by atoms with Crippen molar-refractivity contribution in [1.29, 1.82) is 0 Å². The van der Waals surface area contributed by atoms with Gasteiger partial charge in [0.1, 0.15) is 18.5 Å². The number of nitrogens with zero attached hydrogens (tertiary/aromatic N) is 1. The van der Waals surface area contributed by atoms with Crippen molar-refractivity contribution >= 4 is 11.6 Å². The van der Waals surface area contributed by atoms with Gasteiger partial charge >= 0.3 is 0 Å².